The van der Waals surface area contributed by atoms with Gasteiger partial charge in [0.05, 0.1) is 23.5 Å². The highest BCUT2D eigenvalue weighted by atomic mass is 35.5. The van der Waals surface area contributed by atoms with Crippen LogP contribution < -0.4 is 14.8 Å². The number of hydrogen-bond donors (Lipinski definition) is 1. The number of carbonyl (C=O) groups excluding carboxylic acids is 1. The summed E-state index contributed by atoms with van der Waals surface area (Å²) in [6, 6.07) is 12.4. The lowest BCUT2D eigenvalue weighted by Crippen LogP contribution is -2.14. The Hall–Kier alpha value is -3.34. The van der Waals surface area contributed by atoms with Gasteiger partial charge >= 0.3 is 0 Å². The predicted molar refractivity (Wildman–Crippen MR) is 123 cm³/mol. The van der Waals surface area contributed by atoms with Crippen LogP contribution in [0.25, 0.3) is 6.08 Å². The largest absolute Gasteiger partial charge is 0.495 e. The predicted octanol–water partition coefficient (Wildman–Crippen LogP) is 5.55. The van der Waals surface area contributed by atoms with Gasteiger partial charge in [0.25, 0.3) is 5.91 Å². The second-order valence-corrected chi connectivity index (χ2v) is 8.11. The quantitative estimate of drug-likeness (QED) is 0.374. The van der Waals surface area contributed by atoms with Gasteiger partial charge < -0.3 is 14.8 Å². The SMILES string of the molecule is COc1cc(Cl)c(C)cc1NC(=O)/C(C#N)=C/c1ccc(OCc2csc(C)n2)cc1. The Morgan fingerprint density at radius 3 is 2.65 bits per heavy atom. The Balaban J connectivity index is 1.70. The molecular formula is C23H20ClN3O3S. The summed E-state index contributed by atoms with van der Waals surface area (Å²) < 4.78 is 11.0. The number of nitrogens with one attached hydrogen (secondary N) is 1. The van der Waals surface area contributed by atoms with Crippen LogP contribution in [-0.4, -0.2) is 18.0 Å². The molecule has 1 N–H and O–H groups in total. The van der Waals surface area contributed by atoms with E-state index in [2.05, 4.69) is 10.3 Å². The molecule has 6 nitrogen and oxygen atoms in total. The Labute approximate surface area is 189 Å². The molecule has 0 fully saturated rings. The van der Waals surface area contributed by atoms with Gasteiger partial charge in [-0.3, -0.25) is 4.79 Å². The molecular weight excluding hydrogens is 434 g/mol. The van der Waals surface area contributed by atoms with Gasteiger partial charge in [0.2, 0.25) is 0 Å². The minimum Gasteiger partial charge on any atom is -0.495 e. The molecule has 0 saturated carbocycles. The van der Waals surface area contributed by atoms with Gasteiger partial charge in [-0.15, -0.1) is 11.3 Å². The fraction of sp³-hybridized carbons (Fsp3) is 0.174. The highest BCUT2D eigenvalue weighted by molar-refractivity contribution is 7.09. The number of amides is 1. The van der Waals surface area contributed by atoms with Crippen molar-refractivity contribution in [2.45, 2.75) is 20.5 Å². The van der Waals surface area contributed by atoms with Crippen LogP contribution in [0.5, 0.6) is 11.5 Å². The van der Waals surface area contributed by atoms with Crippen molar-refractivity contribution in [1.29, 1.82) is 5.26 Å². The van der Waals surface area contributed by atoms with Gasteiger partial charge in [-0.1, -0.05) is 23.7 Å². The lowest BCUT2D eigenvalue weighted by molar-refractivity contribution is -0.112. The number of aromatic nitrogens is 1. The molecule has 0 aliphatic carbocycles. The number of methoxy groups -OCH3 is 1. The van der Waals surface area contributed by atoms with Crippen LogP contribution in [0.2, 0.25) is 5.02 Å². The summed E-state index contributed by atoms with van der Waals surface area (Å²) in [4.78, 5) is 17.0. The lowest BCUT2D eigenvalue weighted by Gasteiger charge is -2.12. The summed E-state index contributed by atoms with van der Waals surface area (Å²) in [6.07, 6.45) is 1.51. The van der Waals surface area contributed by atoms with Crippen molar-refractivity contribution in [2.24, 2.45) is 0 Å². The monoisotopic (exact) mass is 453 g/mol. The number of aryl methyl sites for hydroxylation is 2. The number of halogens is 1. The molecule has 2 aromatic carbocycles. The second-order valence-electron chi connectivity index (χ2n) is 6.64. The lowest BCUT2D eigenvalue weighted by atomic mass is 10.1. The minimum absolute atomic E-state index is 0.0405. The smallest absolute Gasteiger partial charge is 0.266 e. The Morgan fingerprint density at radius 2 is 2.03 bits per heavy atom. The van der Waals surface area contributed by atoms with Crippen LogP contribution in [-0.2, 0) is 11.4 Å². The number of anilines is 1. The fourth-order valence-electron chi connectivity index (χ4n) is 2.73. The van der Waals surface area contributed by atoms with Crippen molar-refractivity contribution in [3.63, 3.8) is 0 Å². The van der Waals surface area contributed by atoms with Crippen LogP contribution in [0.1, 0.15) is 21.8 Å². The molecule has 1 aromatic heterocycles. The van der Waals surface area contributed by atoms with Gasteiger partial charge in [0, 0.05) is 16.5 Å². The molecule has 0 atom stereocenters. The number of rotatable bonds is 7. The molecule has 0 aliphatic rings. The van der Waals surface area contributed by atoms with Crippen LogP contribution >= 0.6 is 22.9 Å². The van der Waals surface area contributed by atoms with Crippen molar-refractivity contribution in [1.82, 2.24) is 4.98 Å². The summed E-state index contributed by atoms with van der Waals surface area (Å²) >= 11 is 7.68. The second kappa shape index (κ2) is 10.1. The Bertz CT molecular complexity index is 1160. The summed E-state index contributed by atoms with van der Waals surface area (Å²) in [7, 11) is 1.48. The number of nitriles is 1. The molecule has 0 spiro atoms. The number of hydrogen-bond acceptors (Lipinski definition) is 6. The third kappa shape index (κ3) is 5.85. The summed E-state index contributed by atoms with van der Waals surface area (Å²) in [5.41, 5.74) is 2.76. The van der Waals surface area contributed by atoms with E-state index in [4.69, 9.17) is 21.1 Å². The van der Waals surface area contributed by atoms with Crippen molar-refractivity contribution in [2.75, 3.05) is 12.4 Å². The molecule has 3 aromatic rings. The summed E-state index contributed by atoms with van der Waals surface area (Å²) in [5, 5.41) is 15.7. The van der Waals surface area contributed by atoms with Crippen molar-refractivity contribution < 1.29 is 14.3 Å². The third-order valence-corrected chi connectivity index (χ3v) is 5.57. The number of ether oxygens (including phenoxy) is 2. The average Bonchev–Trinajstić information content (AvgIpc) is 3.18. The maximum atomic E-state index is 12.6. The van der Waals surface area contributed by atoms with Crippen LogP contribution in [0.3, 0.4) is 0 Å². The maximum Gasteiger partial charge on any atom is 0.266 e. The van der Waals surface area contributed by atoms with E-state index in [-0.39, 0.29) is 5.57 Å². The van der Waals surface area contributed by atoms with E-state index >= 15 is 0 Å². The van der Waals surface area contributed by atoms with Gasteiger partial charge in [0.1, 0.15) is 29.7 Å². The third-order valence-electron chi connectivity index (χ3n) is 4.34. The minimum atomic E-state index is -0.540. The molecule has 31 heavy (non-hydrogen) atoms. The Kier molecular flexibility index (Phi) is 7.29. The maximum absolute atomic E-state index is 12.6. The number of thiazole rings is 1. The van der Waals surface area contributed by atoms with Gasteiger partial charge in [0.15, 0.2) is 0 Å². The zero-order valence-corrected chi connectivity index (χ0v) is 18.8. The highest BCUT2D eigenvalue weighted by Crippen LogP contribution is 2.31. The molecule has 0 bridgehead atoms. The van der Waals surface area contributed by atoms with Crippen LogP contribution in [0.15, 0.2) is 47.4 Å². The first-order valence-electron chi connectivity index (χ1n) is 9.30. The highest BCUT2D eigenvalue weighted by Gasteiger charge is 2.14. The number of carbonyl (C=O) groups is 1. The normalized spacial score (nSPS) is 11.0. The number of nitrogens with zero attached hydrogens (tertiary/aromatic N) is 2. The molecule has 1 heterocycles. The standard InChI is InChI=1S/C23H20ClN3O3S/c1-14-8-21(22(29-3)10-20(14)24)27-23(28)17(11-25)9-16-4-6-19(7-5-16)30-12-18-13-31-15(2)26-18/h4-10,13H,12H2,1-3H3,(H,27,28)/b17-9+. The van der Waals surface area contributed by atoms with Gasteiger partial charge in [-0.2, -0.15) is 5.26 Å². The fourth-order valence-corrected chi connectivity index (χ4v) is 3.48. The molecule has 0 aliphatic heterocycles. The summed E-state index contributed by atoms with van der Waals surface area (Å²) in [5.74, 6) is 0.548. The first-order valence-corrected chi connectivity index (χ1v) is 10.6. The summed E-state index contributed by atoms with van der Waals surface area (Å²) in [6.45, 7) is 4.15. The van der Waals surface area contributed by atoms with E-state index in [9.17, 15) is 10.1 Å². The zero-order chi connectivity index (χ0) is 22.4. The first-order chi connectivity index (χ1) is 14.9. The molecule has 0 unspecified atom stereocenters. The van der Waals surface area contributed by atoms with Crippen molar-refractivity contribution in [3.05, 3.63) is 74.2 Å². The van der Waals surface area contributed by atoms with E-state index in [1.165, 1.54) is 13.2 Å². The topological polar surface area (TPSA) is 84.2 Å². The van der Waals surface area contributed by atoms with E-state index in [0.29, 0.717) is 34.4 Å². The molecule has 1 amide bonds. The van der Waals surface area contributed by atoms with Crippen LogP contribution in [0, 0.1) is 25.2 Å². The van der Waals surface area contributed by atoms with Crippen molar-refractivity contribution in [3.8, 4) is 17.6 Å². The molecule has 8 heteroatoms. The first kappa shape index (κ1) is 22.3. The molecule has 0 radical (unpaired) electrons. The van der Waals surface area contributed by atoms with E-state index in [0.717, 1.165) is 16.3 Å². The van der Waals surface area contributed by atoms with Crippen LogP contribution in [0.4, 0.5) is 5.69 Å². The zero-order valence-electron chi connectivity index (χ0n) is 17.2. The average molecular weight is 454 g/mol. The van der Waals surface area contributed by atoms with Crippen molar-refractivity contribution >= 4 is 40.6 Å². The van der Waals surface area contributed by atoms with Gasteiger partial charge in [-0.05, 0) is 49.2 Å². The van der Waals surface area contributed by atoms with E-state index in [1.807, 2.05) is 25.3 Å². The number of benzene rings is 2. The van der Waals surface area contributed by atoms with E-state index < -0.39 is 5.91 Å². The molecule has 158 valence electrons. The van der Waals surface area contributed by atoms with Gasteiger partial charge in [-0.25, -0.2) is 4.98 Å². The molecule has 0 saturated heterocycles. The molecule has 3 rings (SSSR count). The van der Waals surface area contributed by atoms with E-state index in [1.54, 1.807) is 47.7 Å². The Morgan fingerprint density at radius 1 is 1.29 bits per heavy atom.